The molecule has 100 valence electrons. The number of benzene rings is 1. The molecule has 0 radical (unpaired) electrons. The second kappa shape index (κ2) is 6.15. The number of nitrogens with two attached hydrogens (primary N) is 1. The van der Waals surface area contributed by atoms with E-state index in [-0.39, 0.29) is 18.5 Å². The Labute approximate surface area is 119 Å². The van der Waals surface area contributed by atoms with Gasteiger partial charge < -0.3 is 10.5 Å². The summed E-state index contributed by atoms with van der Waals surface area (Å²) < 4.78 is 5.70. The van der Waals surface area contributed by atoms with Crippen LogP contribution in [0.5, 0.6) is 0 Å². The molecule has 0 unspecified atom stereocenters. The molecule has 1 aliphatic heterocycles. The molecule has 0 amide bonds. The highest BCUT2D eigenvalue weighted by Gasteiger charge is 2.22. The lowest BCUT2D eigenvalue weighted by Gasteiger charge is -2.26. The summed E-state index contributed by atoms with van der Waals surface area (Å²) in [7, 11) is 0. The van der Waals surface area contributed by atoms with Crippen molar-refractivity contribution in [3.8, 4) is 11.3 Å². The van der Waals surface area contributed by atoms with Gasteiger partial charge in [-0.05, 0) is 29.7 Å². The van der Waals surface area contributed by atoms with Gasteiger partial charge in [0.25, 0.3) is 0 Å². The molecule has 1 atom stereocenters. The van der Waals surface area contributed by atoms with Gasteiger partial charge in [0.05, 0.1) is 18.4 Å². The Morgan fingerprint density at radius 3 is 2.84 bits per heavy atom. The summed E-state index contributed by atoms with van der Waals surface area (Å²) in [6.07, 6.45) is 2.78. The second-order valence-corrected chi connectivity index (χ2v) is 4.43. The SMILES string of the molecule is Cl.NC[C@@H]1OCCc2c(-c3ccccn3)cccc21. The van der Waals surface area contributed by atoms with Crippen molar-refractivity contribution in [1.82, 2.24) is 4.98 Å². The van der Waals surface area contributed by atoms with Crippen molar-refractivity contribution >= 4 is 12.4 Å². The molecule has 3 rings (SSSR count). The van der Waals surface area contributed by atoms with Gasteiger partial charge >= 0.3 is 0 Å². The molecule has 1 aliphatic rings. The number of nitrogens with zero attached hydrogens (tertiary/aromatic N) is 1. The van der Waals surface area contributed by atoms with Crippen LogP contribution in [0.3, 0.4) is 0 Å². The van der Waals surface area contributed by atoms with E-state index in [1.165, 1.54) is 16.7 Å². The standard InChI is InChI=1S/C15H16N2O.ClH/c16-10-15-13-5-3-4-12(11(13)7-9-18-15)14-6-1-2-8-17-14;/h1-6,8,15H,7,9-10,16H2;1H/t15-;/m0./s1. The Morgan fingerprint density at radius 1 is 1.21 bits per heavy atom. The van der Waals surface area contributed by atoms with Gasteiger partial charge in [-0.15, -0.1) is 12.4 Å². The van der Waals surface area contributed by atoms with Crippen LogP contribution in [0, 0.1) is 0 Å². The Hall–Kier alpha value is -1.42. The van der Waals surface area contributed by atoms with Crippen molar-refractivity contribution in [2.45, 2.75) is 12.5 Å². The van der Waals surface area contributed by atoms with Gasteiger partial charge in [0, 0.05) is 18.3 Å². The van der Waals surface area contributed by atoms with Crippen LogP contribution in [0.25, 0.3) is 11.3 Å². The largest absolute Gasteiger partial charge is 0.372 e. The summed E-state index contributed by atoms with van der Waals surface area (Å²) in [5.74, 6) is 0. The Morgan fingerprint density at radius 2 is 2.11 bits per heavy atom. The highest BCUT2D eigenvalue weighted by molar-refractivity contribution is 5.85. The third-order valence-corrected chi connectivity index (χ3v) is 3.39. The number of halogens is 1. The van der Waals surface area contributed by atoms with E-state index in [1.807, 2.05) is 24.4 Å². The highest BCUT2D eigenvalue weighted by atomic mass is 35.5. The minimum Gasteiger partial charge on any atom is -0.372 e. The zero-order valence-electron chi connectivity index (χ0n) is 10.6. The average Bonchev–Trinajstić information content (AvgIpc) is 2.47. The van der Waals surface area contributed by atoms with Gasteiger partial charge in [-0.2, -0.15) is 0 Å². The minimum atomic E-state index is 0. The van der Waals surface area contributed by atoms with Crippen LogP contribution < -0.4 is 5.73 Å². The van der Waals surface area contributed by atoms with Crippen molar-refractivity contribution in [1.29, 1.82) is 0 Å². The number of ether oxygens (including phenoxy) is 1. The molecular weight excluding hydrogens is 260 g/mol. The van der Waals surface area contributed by atoms with Crippen molar-refractivity contribution < 1.29 is 4.74 Å². The maximum Gasteiger partial charge on any atom is 0.0950 e. The molecule has 3 nitrogen and oxygen atoms in total. The molecular formula is C15H17ClN2O. The predicted octanol–water partition coefficient (Wildman–Crippen LogP) is 2.74. The van der Waals surface area contributed by atoms with E-state index in [0.29, 0.717) is 6.54 Å². The molecule has 0 saturated heterocycles. The van der Waals surface area contributed by atoms with E-state index in [1.54, 1.807) is 0 Å². The Balaban J connectivity index is 0.00000133. The topological polar surface area (TPSA) is 48.1 Å². The van der Waals surface area contributed by atoms with Crippen LogP contribution in [0.4, 0.5) is 0 Å². The summed E-state index contributed by atoms with van der Waals surface area (Å²) in [5.41, 5.74) is 10.5. The van der Waals surface area contributed by atoms with E-state index >= 15 is 0 Å². The Bertz CT molecular complexity index is 545. The lowest BCUT2D eigenvalue weighted by Crippen LogP contribution is -2.23. The second-order valence-electron chi connectivity index (χ2n) is 4.43. The third-order valence-electron chi connectivity index (χ3n) is 3.39. The first-order valence-corrected chi connectivity index (χ1v) is 6.25. The molecule has 0 fully saturated rings. The molecule has 2 N–H and O–H groups in total. The van der Waals surface area contributed by atoms with E-state index in [0.717, 1.165) is 18.7 Å². The number of rotatable bonds is 2. The van der Waals surface area contributed by atoms with Crippen LogP contribution in [0.15, 0.2) is 42.6 Å². The lowest BCUT2D eigenvalue weighted by molar-refractivity contribution is 0.0486. The van der Waals surface area contributed by atoms with E-state index in [2.05, 4.69) is 23.2 Å². The number of aromatic nitrogens is 1. The number of hydrogen-bond acceptors (Lipinski definition) is 3. The first kappa shape index (κ1) is 14.0. The average molecular weight is 277 g/mol. The van der Waals surface area contributed by atoms with Crippen LogP contribution in [0.2, 0.25) is 0 Å². The smallest absolute Gasteiger partial charge is 0.0950 e. The molecule has 2 heterocycles. The summed E-state index contributed by atoms with van der Waals surface area (Å²) in [4.78, 5) is 4.44. The molecule has 0 aliphatic carbocycles. The van der Waals surface area contributed by atoms with Crippen molar-refractivity contribution in [3.63, 3.8) is 0 Å². The zero-order valence-corrected chi connectivity index (χ0v) is 11.4. The van der Waals surface area contributed by atoms with Crippen molar-refractivity contribution in [3.05, 3.63) is 53.7 Å². The summed E-state index contributed by atoms with van der Waals surface area (Å²) in [5, 5.41) is 0. The van der Waals surface area contributed by atoms with Gasteiger partial charge in [0.15, 0.2) is 0 Å². The monoisotopic (exact) mass is 276 g/mol. The van der Waals surface area contributed by atoms with Crippen LogP contribution in [0.1, 0.15) is 17.2 Å². The van der Waals surface area contributed by atoms with Crippen LogP contribution in [-0.4, -0.2) is 18.1 Å². The first-order chi connectivity index (χ1) is 8.90. The fourth-order valence-corrected chi connectivity index (χ4v) is 2.54. The van der Waals surface area contributed by atoms with Crippen molar-refractivity contribution in [2.24, 2.45) is 5.73 Å². The highest BCUT2D eigenvalue weighted by Crippen LogP contribution is 2.33. The minimum absolute atomic E-state index is 0. The summed E-state index contributed by atoms with van der Waals surface area (Å²) >= 11 is 0. The molecule has 2 aromatic rings. The zero-order chi connectivity index (χ0) is 12.4. The van der Waals surface area contributed by atoms with Gasteiger partial charge in [-0.1, -0.05) is 24.3 Å². The van der Waals surface area contributed by atoms with Gasteiger partial charge in [0.1, 0.15) is 0 Å². The van der Waals surface area contributed by atoms with Crippen molar-refractivity contribution in [2.75, 3.05) is 13.2 Å². The van der Waals surface area contributed by atoms with E-state index in [4.69, 9.17) is 10.5 Å². The van der Waals surface area contributed by atoms with Gasteiger partial charge in [-0.3, -0.25) is 4.98 Å². The lowest BCUT2D eigenvalue weighted by atomic mass is 9.91. The van der Waals surface area contributed by atoms with Gasteiger partial charge in [-0.25, -0.2) is 0 Å². The molecule has 0 spiro atoms. The van der Waals surface area contributed by atoms with Crippen LogP contribution in [-0.2, 0) is 11.2 Å². The molecule has 1 aromatic carbocycles. The maximum atomic E-state index is 5.77. The molecule has 0 bridgehead atoms. The third kappa shape index (κ3) is 2.63. The molecule has 4 heteroatoms. The quantitative estimate of drug-likeness (QED) is 0.917. The van der Waals surface area contributed by atoms with E-state index in [9.17, 15) is 0 Å². The maximum absolute atomic E-state index is 5.77. The summed E-state index contributed by atoms with van der Waals surface area (Å²) in [6, 6.07) is 12.3. The molecule has 0 saturated carbocycles. The first-order valence-electron chi connectivity index (χ1n) is 6.25. The van der Waals surface area contributed by atoms with Gasteiger partial charge in [0.2, 0.25) is 0 Å². The summed E-state index contributed by atoms with van der Waals surface area (Å²) in [6.45, 7) is 1.26. The molecule has 19 heavy (non-hydrogen) atoms. The fourth-order valence-electron chi connectivity index (χ4n) is 2.54. The van der Waals surface area contributed by atoms with E-state index < -0.39 is 0 Å². The normalized spacial score (nSPS) is 17.4. The Kier molecular flexibility index (Phi) is 4.53. The number of fused-ring (bicyclic) bond motifs is 1. The van der Waals surface area contributed by atoms with Crippen LogP contribution >= 0.6 is 12.4 Å². The number of hydrogen-bond donors (Lipinski definition) is 1. The number of pyridine rings is 1. The fraction of sp³-hybridized carbons (Fsp3) is 0.267. The predicted molar refractivity (Wildman–Crippen MR) is 78.4 cm³/mol. The molecule has 1 aromatic heterocycles.